The number of nitrogens with one attached hydrogen (secondary N) is 1. The Balaban J connectivity index is 2.52. The van der Waals surface area contributed by atoms with Gasteiger partial charge in [-0.3, -0.25) is 4.79 Å². The molecule has 1 fully saturated rings. The molecule has 0 aromatic rings. The fourth-order valence-corrected chi connectivity index (χ4v) is 3.25. The Hall–Kier alpha value is -0.610. The summed E-state index contributed by atoms with van der Waals surface area (Å²) >= 11 is 0. The topological polar surface area (TPSA) is 75.3 Å². The summed E-state index contributed by atoms with van der Waals surface area (Å²) in [6.45, 7) is 5.73. The van der Waals surface area contributed by atoms with Gasteiger partial charge in [-0.1, -0.05) is 20.3 Å². The fraction of sp³-hybridized carbons (Fsp3) is 0.933. The van der Waals surface area contributed by atoms with E-state index in [0.717, 1.165) is 38.5 Å². The van der Waals surface area contributed by atoms with E-state index in [2.05, 4.69) is 19.2 Å². The smallest absolute Gasteiger partial charge is 0.223 e. The second-order valence-electron chi connectivity index (χ2n) is 5.93. The van der Waals surface area contributed by atoms with E-state index in [9.17, 15) is 9.90 Å². The molecule has 0 radical (unpaired) electrons. The quantitative estimate of drug-likeness (QED) is 0.628. The van der Waals surface area contributed by atoms with Gasteiger partial charge in [-0.2, -0.15) is 0 Å². The predicted molar refractivity (Wildman–Crippen MR) is 77.6 cm³/mol. The number of rotatable bonds is 8. The average Bonchev–Trinajstić information content (AvgIpc) is 2.91. The third-order valence-corrected chi connectivity index (χ3v) is 5.08. The van der Waals surface area contributed by atoms with E-state index in [0.29, 0.717) is 19.0 Å². The number of nitrogens with two attached hydrogens (primary N) is 1. The SMILES string of the molecule is CCC(CC)(CCO)CNC(=O)[C@@H]1CCC[C@@H]1CN. The highest BCUT2D eigenvalue weighted by molar-refractivity contribution is 5.79. The highest BCUT2D eigenvalue weighted by atomic mass is 16.3. The second-order valence-corrected chi connectivity index (χ2v) is 5.93. The number of carbonyl (C=O) groups is 1. The molecule has 1 aliphatic rings. The van der Waals surface area contributed by atoms with E-state index in [1.807, 2.05) is 0 Å². The molecule has 1 amide bonds. The third kappa shape index (κ3) is 4.18. The molecule has 4 heteroatoms. The number of hydrogen-bond donors (Lipinski definition) is 3. The van der Waals surface area contributed by atoms with Crippen LogP contribution in [-0.4, -0.2) is 30.7 Å². The first kappa shape index (κ1) is 16.4. The van der Waals surface area contributed by atoms with E-state index in [1.54, 1.807) is 0 Å². The zero-order valence-electron chi connectivity index (χ0n) is 12.5. The molecule has 0 aromatic heterocycles. The van der Waals surface area contributed by atoms with Gasteiger partial charge in [0.2, 0.25) is 5.91 Å². The minimum atomic E-state index is 0.0429. The van der Waals surface area contributed by atoms with Crippen molar-refractivity contribution in [2.75, 3.05) is 19.7 Å². The minimum absolute atomic E-state index is 0.0429. The summed E-state index contributed by atoms with van der Waals surface area (Å²) in [6, 6.07) is 0. The van der Waals surface area contributed by atoms with E-state index < -0.39 is 0 Å². The van der Waals surface area contributed by atoms with Crippen molar-refractivity contribution in [3.05, 3.63) is 0 Å². The van der Waals surface area contributed by atoms with Crippen molar-refractivity contribution in [2.24, 2.45) is 23.0 Å². The summed E-state index contributed by atoms with van der Waals surface area (Å²) in [5, 5.41) is 12.3. The van der Waals surface area contributed by atoms with Crippen LogP contribution in [0.25, 0.3) is 0 Å². The lowest BCUT2D eigenvalue weighted by molar-refractivity contribution is -0.126. The largest absolute Gasteiger partial charge is 0.396 e. The van der Waals surface area contributed by atoms with Crippen LogP contribution in [0.2, 0.25) is 0 Å². The monoisotopic (exact) mass is 270 g/mol. The van der Waals surface area contributed by atoms with E-state index in [4.69, 9.17) is 5.73 Å². The van der Waals surface area contributed by atoms with Gasteiger partial charge in [-0.05, 0) is 50.0 Å². The molecule has 2 atom stereocenters. The Labute approximate surface area is 117 Å². The highest BCUT2D eigenvalue weighted by Gasteiger charge is 2.33. The zero-order valence-corrected chi connectivity index (χ0v) is 12.5. The first-order chi connectivity index (χ1) is 9.12. The second kappa shape index (κ2) is 7.85. The summed E-state index contributed by atoms with van der Waals surface area (Å²) in [5.41, 5.74) is 5.77. The van der Waals surface area contributed by atoms with Gasteiger partial charge in [0, 0.05) is 19.1 Å². The molecule has 0 bridgehead atoms. The first-order valence-corrected chi connectivity index (χ1v) is 7.71. The van der Waals surface area contributed by atoms with Crippen molar-refractivity contribution in [1.82, 2.24) is 5.32 Å². The van der Waals surface area contributed by atoms with Gasteiger partial charge in [0.25, 0.3) is 0 Å². The van der Waals surface area contributed by atoms with Gasteiger partial charge in [0.1, 0.15) is 0 Å². The van der Waals surface area contributed by atoms with Gasteiger partial charge < -0.3 is 16.2 Å². The molecule has 0 heterocycles. The molecule has 0 spiro atoms. The number of aliphatic hydroxyl groups is 1. The molecule has 1 saturated carbocycles. The summed E-state index contributed by atoms with van der Waals surface area (Å²) in [4.78, 5) is 12.3. The molecule has 0 unspecified atom stereocenters. The van der Waals surface area contributed by atoms with E-state index in [1.165, 1.54) is 0 Å². The Kier molecular flexibility index (Phi) is 6.80. The lowest BCUT2D eigenvalue weighted by atomic mass is 9.79. The van der Waals surface area contributed by atoms with E-state index in [-0.39, 0.29) is 23.8 Å². The van der Waals surface area contributed by atoms with Crippen molar-refractivity contribution in [3.8, 4) is 0 Å². The average molecular weight is 270 g/mol. The molecular formula is C15H30N2O2. The maximum absolute atomic E-state index is 12.3. The van der Waals surface area contributed by atoms with Crippen molar-refractivity contribution < 1.29 is 9.90 Å². The number of amides is 1. The minimum Gasteiger partial charge on any atom is -0.396 e. The predicted octanol–water partition coefficient (Wildman–Crippen LogP) is 1.67. The molecule has 19 heavy (non-hydrogen) atoms. The maximum Gasteiger partial charge on any atom is 0.223 e. The van der Waals surface area contributed by atoms with E-state index >= 15 is 0 Å². The summed E-state index contributed by atoms with van der Waals surface area (Å²) < 4.78 is 0. The van der Waals surface area contributed by atoms with Crippen LogP contribution < -0.4 is 11.1 Å². The fourth-order valence-electron chi connectivity index (χ4n) is 3.25. The van der Waals surface area contributed by atoms with Crippen LogP contribution in [0.3, 0.4) is 0 Å². The van der Waals surface area contributed by atoms with Crippen LogP contribution in [0.4, 0.5) is 0 Å². The number of carbonyl (C=O) groups excluding carboxylic acids is 1. The normalized spacial score (nSPS) is 23.6. The summed E-state index contributed by atoms with van der Waals surface area (Å²) in [7, 11) is 0. The van der Waals surface area contributed by atoms with Crippen molar-refractivity contribution in [1.29, 1.82) is 0 Å². The highest BCUT2D eigenvalue weighted by Crippen LogP contribution is 2.32. The molecule has 0 aromatic carbocycles. The Morgan fingerprint density at radius 1 is 1.37 bits per heavy atom. The standard InChI is InChI=1S/C15H30N2O2/c1-3-15(4-2,8-9-18)11-17-14(19)13-7-5-6-12(13)10-16/h12-13,18H,3-11,16H2,1-2H3,(H,17,19)/t12-,13-/m1/s1. The summed E-state index contributed by atoms with van der Waals surface area (Å²) in [6.07, 6.45) is 5.88. The molecular weight excluding hydrogens is 240 g/mol. The van der Waals surface area contributed by atoms with Gasteiger partial charge in [0.15, 0.2) is 0 Å². The van der Waals surface area contributed by atoms with Crippen LogP contribution in [0, 0.1) is 17.3 Å². The Morgan fingerprint density at radius 2 is 2.05 bits per heavy atom. The van der Waals surface area contributed by atoms with Crippen molar-refractivity contribution >= 4 is 5.91 Å². The zero-order chi connectivity index (χ0) is 14.3. The number of hydrogen-bond acceptors (Lipinski definition) is 3. The lowest BCUT2D eigenvalue weighted by Crippen LogP contribution is -2.42. The van der Waals surface area contributed by atoms with Crippen LogP contribution in [0.15, 0.2) is 0 Å². The van der Waals surface area contributed by atoms with Crippen molar-refractivity contribution in [2.45, 2.75) is 52.4 Å². The van der Waals surface area contributed by atoms with Crippen LogP contribution >= 0.6 is 0 Å². The molecule has 4 N–H and O–H groups in total. The number of aliphatic hydroxyl groups excluding tert-OH is 1. The van der Waals surface area contributed by atoms with Crippen LogP contribution in [-0.2, 0) is 4.79 Å². The van der Waals surface area contributed by atoms with Gasteiger partial charge in [-0.15, -0.1) is 0 Å². The van der Waals surface area contributed by atoms with Gasteiger partial charge in [0.05, 0.1) is 0 Å². The third-order valence-electron chi connectivity index (χ3n) is 5.08. The molecule has 0 aliphatic heterocycles. The Morgan fingerprint density at radius 3 is 2.58 bits per heavy atom. The van der Waals surface area contributed by atoms with Gasteiger partial charge >= 0.3 is 0 Å². The summed E-state index contributed by atoms with van der Waals surface area (Å²) in [5.74, 6) is 0.623. The van der Waals surface area contributed by atoms with Gasteiger partial charge in [-0.25, -0.2) is 0 Å². The molecule has 0 saturated heterocycles. The van der Waals surface area contributed by atoms with Crippen LogP contribution in [0.1, 0.15) is 52.4 Å². The molecule has 4 nitrogen and oxygen atoms in total. The molecule has 112 valence electrons. The molecule has 1 rings (SSSR count). The Bertz CT molecular complexity index is 277. The first-order valence-electron chi connectivity index (χ1n) is 7.71. The van der Waals surface area contributed by atoms with Crippen LogP contribution in [0.5, 0.6) is 0 Å². The maximum atomic E-state index is 12.3. The van der Waals surface area contributed by atoms with Crippen molar-refractivity contribution in [3.63, 3.8) is 0 Å². The lowest BCUT2D eigenvalue weighted by Gasteiger charge is -2.32. The molecule has 1 aliphatic carbocycles.